The number of nitrogens with zero attached hydrogens (tertiary/aromatic N) is 1. The average Bonchev–Trinajstić information content (AvgIpc) is 2.78. The molecule has 0 radical (unpaired) electrons. The molecule has 0 fully saturated rings. The van der Waals surface area contributed by atoms with E-state index in [2.05, 4.69) is 10.3 Å². The second kappa shape index (κ2) is 12.1. The number of carbonyl (C=O) groups excluding carboxylic acids is 3. The molecule has 1 amide bonds. The molecule has 1 N–H and O–H groups in total. The number of halogens is 1. The average molecular weight is 491 g/mol. The van der Waals surface area contributed by atoms with Gasteiger partial charge in [0, 0.05) is 25.1 Å². The summed E-state index contributed by atoms with van der Waals surface area (Å²) in [7, 11) is 2.74. The van der Waals surface area contributed by atoms with E-state index in [9.17, 15) is 18.8 Å². The third-order valence-corrected chi connectivity index (χ3v) is 5.34. The van der Waals surface area contributed by atoms with Gasteiger partial charge in [-0.25, -0.2) is 14.2 Å². The van der Waals surface area contributed by atoms with E-state index >= 15 is 0 Å². The normalized spacial score (nSPS) is 13.4. The summed E-state index contributed by atoms with van der Waals surface area (Å²) in [4.78, 5) is 41.0. The lowest BCUT2D eigenvalue weighted by Crippen LogP contribution is -2.42. The summed E-state index contributed by atoms with van der Waals surface area (Å²) in [5, 5.41) is 2.50. The van der Waals surface area contributed by atoms with Crippen LogP contribution in [0.5, 0.6) is 17.2 Å². The van der Waals surface area contributed by atoms with Crippen LogP contribution in [0.25, 0.3) is 0 Å². The van der Waals surface area contributed by atoms with Gasteiger partial charge in [-0.2, -0.15) is 0 Å². The Morgan fingerprint density at radius 3 is 2.20 bits per heavy atom. The molecule has 2 aromatic rings. The first-order chi connectivity index (χ1) is 16.5. The monoisotopic (exact) mass is 490 g/mol. The molecule has 1 heterocycles. The van der Waals surface area contributed by atoms with Crippen LogP contribution in [0.15, 0.2) is 30.5 Å². The zero-order valence-corrected chi connectivity index (χ0v) is 20.9. The zero-order chi connectivity index (χ0) is 26.3. The van der Waals surface area contributed by atoms with Gasteiger partial charge in [0.1, 0.15) is 12.1 Å². The predicted molar refractivity (Wildman–Crippen MR) is 125 cm³/mol. The molecule has 1 aromatic heterocycles. The third kappa shape index (κ3) is 6.91. The molecular weight excluding hydrogens is 459 g/mol. The number of rotatable bonds is 10. The van der Waals surface area contributed by atoms with Crippen molar-refractivity contribution in [1.29, 1.82) is 0 Å². The summed E-state index contributed by atoms with van der Waals surface area (Å²) in [6, 6.07) is 5.00. The number of carbonyl (C=O) groups is 3. The van der Waals surface area contributed by atoms with Crippen molar-refractivity contribution in [2.45, 2.75) is 52.7 Å². The van der Waals surface area contributed by atoms with Crippen molar-refractivity contribution in [2.75, 3.05) is 14.2 Å². The van der Waals surface area contributed by atoms with E-state index in [0.717, 1.165) is 0 Å². The molecule has 0 spiro atoms. The van der Waals surface area contributed by atoms with Crippen LogP contribution >= 0.6 is 0 Å². The Morgan fingerprint density at radius 2 is 1.66 bits per heavy atom. The Labute approximate surface area is 203 Å². The van der Waals surface area contributed by atoms with Crippen LogP contribution in [0, 0.1) is 11.7 Å². The van der Waals surface area contributed by atoms with Crippen LogP contribution in [0.4, 0.5) is 4.39 Å². The van der Waals surface area contributed by atoms with Crippen molar-refractivity contribution in [3.63, 3.8) is 0 Å². The molecule has 0 unspecified atom stereocenters. The van der Waals surface area contributed by atoms with E-state index < -0.39 is 35.8 Å². The number of pyridine rings is 1. The van der Waals surface area contributed by atoms with Crippen molar-refractivity contribution in [1.82, 2.24) is 10.3 Å². The minimum Gasteiger partial charge on any atom is -0.494 e. The van der Waals surface area contributed by atoms with Gasteiger partial charge in [-0.1, -0.05) is 19.9 Å². The maximum atomic E-state index is 14.3. The fraction of sp³-hybridized carbons (Fsp3) is 0.440. The largest absolute Gasteiger partial charge is 0.494 e. The van der Waals surface area contributed by atoms with Gasteiger partial charge in [-0.05, 0) is 37.5 Å². The molecule has 9 nitrogen and oxygen atoms in total. The first-order valence-electron chi connectivity index (χ1n) is 11.1. The van der Waals surface area contributed by atoms with Crippen LogP contribution in [0.3, 0.4) is 0 Å². The number of ether oxygens (including phenoxy) is 4. The highest BCUT2D eigenvalue weighted by Gasteiger charge is 2.30. The lowest BCUT2D eigenvalue weighted by Gasteiger charge is -2.29. The van der Waals surface area contributed by atoms with Gasteiger partial charge >= 0.3 is 11.9 Å². The molecule has 0 aliphatic rings. The molecule has 10 heteroatoms. The lowest BCUT2D eigenvalue weighted by atomic mass is 9.84. The Balaban J connectivity index is 2.16. The van der Waals surface area contributed by atoms with E-state index in [1.165, 1.54) is 52.5 Å². The predicted octanol–water partition coefficient (Wildman–Crippen LogP) is 3.65. The van der Waals surface area contributed by atoms with Crippen molar-refractivity contribution < 1.29 is 37.7 Å². The number of nitrogens with one attached hydrogen (secondary N) is 1. The Bertz CT molecular complexity index is 1070. The second-order valence-electron chi connectivity index (χ2n) is 8.29. The number of aromatic nitrogens is 1. The summed E-state index contributed by atoms with van der Waals surface area (Å²) in [6.45, 7) is 8.22. The first-order valence-corrected chi connectivity index (χ1v) is 11.1. The molecule has 0 aliphatic heterocycles. The van der Waals surface area contributed by atoms with Crippen molar-refractivity contribution in [3.8, 4) is 17.2 Å². The summed E-state index contributed by atoms with van der Waals surface area (Å²) < 4.78 is 35.1. The molecule has 35 heavy (non-hydrogen) atoms. The lowest BCUT2D eigenvalue weighted by molar-refractivity contribution is -0.151. The molecule has 2 rings (SSSR count). The fourth-order valence-electron chi connectivity index (χ4n) is 3.77. The molecule has 0 saturated carbocycles. The van der Waals surface area contributed by atoms with E-state index in [1.807, 2.05) is 13.8 Å². The topological polar surface area (TPSA) is 113 Å². The number of esters is 2. The maximum absolute atomic E-state index is 14.3. The van der Waals surface area contributed by atoms with Crippen molar-refractivity contribution in [3.05, 3.63) is 47.5 Å². The van der Waals surface area contributed by atoms with Crippen LogP contribution in [0.1, 0.15) is 56.6 Å². The van der Waals surface area contributed by atoms with Crippen LogP contribution in [-0.2, 0) is 14.3 Å². The summed E-state index contributed by atoms with van der Waals surface area (Å²) in [5.74, 6) is -2.81. The van der Waals surface area contributed by atoms with Gasteiger partial charge in [0.05, 0.1) is 14.2 Å². The number of methoxy groups -OCH3 is 2. The standard InChI is InChI=1S/C25H31FN2O7/c1-13(2)21(17-8-9-19(32-6)18(26)12-17)15(4)34-25(31)14(3)28-24(30)22-23(35-16(5)29)20(33-7)10-11-27-22/h8-15,21H,1-7H3,(H,28,30)/t14-,15-,21+/m0/s1. The van der Waals surface area contributed by atoms with E-state index in [1.54, 1.807) is 13.0 Å². The second-order valence-corrected chi connectivity index (χ2v) is 8.29. The van der Waals surface area contributed by atoms with E-state index in [0.29, 0.717) is 5.56 Å². The minimum atomic E-state index is -1.05. The van der Waals surface area contributed by atoms with Crippen molar-refractivity contribution >= 4 is 17.8 Å². The maximum Gasteiger partial charge on any atom is 0.328 e. The smallest absolute Gasteiger partial charge is 0.328 e. The Hall–Kier alpha value is -3.69. The van der Waals surface area contributed by atoms with E-state index in [4.69, 9.17) is 18.9 Å². The summed E-state index contributed by atoms with van der Waals surface area (Å²) >= 11 is 0. The van der Waals surface area contributed by atoms with Crippen LogP contribution < -0.4 is 19.5 Å². The molecule has 3 atom stereocenters. The molecule has 190 valence electrons. The fourth-order valence-corrected chi connectivity index (χ4v) is 3.77. The summed E-state index contributed by atoms with van der Waals surface area (Å²) in [6.07, 6.45) is 0.689. The minimum absolute atomic E-state index is 0.0164. The number of hydrogen-bond donors (Lipinski definition) is 1. The van der Waals surface area contributed by atoms with Gasteiger partial charge in [-0.3, -0.25) is 9.59 Å². The van der Waals surface area contributed by atoms with Gasteiger partial charge < -0.3 is 24.3 Å². The van der Waals surface area contributed by atoms with Crippen molar-refractivity contribution in [2.24, 2.45) is 5.92 Å². The Kier molecular flexibility index (Phi) is 9.56. The SMILES string of the molecule is COc1ccc([C@H](C(C)C)[C@H](C)OC(=O)[C@H](C)NC(=O)c2nccc(OC)c2OC(C)=O)cc1F. The molecular formula is C25H31FN2O7. The van der Waals surface area contributed by atoms with Gasteiger partial charge in [0.15, 0.2) is 23.0 Å². The van der Waals surface area contributed by atoms with Gasteiger partial charge in [0.2, 0.25) is 5.75 Å². The quantitative estimate of drug-likeness (QED) is 0.502. The van der Waals surface area contributed by atoms with Gasteiger partial charge in [-0.15, -0.1) is 0 Å². The molecule has 1 aromatic carbocycles. The highest BCUT2D eigenvalue weighted by atomic mass is 19.1. The first kappa shape index (κ1) is 27.6. The molecule has 0 saturated heterocycles. The number of benzene rings is 1. The van der Waals surface area contributed by atoms with Crippen LogP contribution in [-0.4, -0.2) is 49.2 Å². The zero-order valence-electron chi connectivity index (χ0n) is 20.9. The number of hydrogen-bond acceptors (Lipinski definition) is 8. The number of amides is 1. The Morgan fingerprint density at radius 1 is 1.00 bits per heavy atom. The van der Waals surface area contributed by atoms with Gasteiger partial charge in [0.25, 0.3) is 5.91 Å². The molecule has 0 bridgehead atoms. The third-order valence-electron chi connectivity index (χ3n) is 5.34. The molecule has 0 aliphatic carbocycles. The van der Waals surface area contributed by atoms with E-state index in [-0.39, 0.29) is 34.8 Å². The summed E-state index contributed by atoms with van der Waals surface area (Å²) in [5.41, 5.74) is 0.433. The van der Waals surface area contributed by atoms with Crippen LogP contribution in [0.2, 0.25) is 0 Å². The highest BCUT2D eigenvalue weighted by Crippen LogP contribution is 2.33. The highest BCUT2D eigenvalue weighted by molar-refractivity contribution is 5.98.